The van der Waals surface area contributed by atoms with E-state index >= 15 is 0 Å². The van der Waals surface area contributed by atoms with Gasteiger partial charge < -0.3 is 9.64 Å². The fourth-order valence-corrected chi connectivity index (χ4v) is 7.14. The number of carbonyl (C=O) groups is 2. The Hall–Kier alpha value is -2.53. The van der Waals surface area contributed by atoms with Crippen LogP contribution < -0.4 is 5.48 Å². The highest BCUT2D eigenvalue weighted by Gasteiger charge is 2.40. The van der Waals surface area contributed by atoms with Crippen molar-refractivity contribution in [2.24, 2.45) is 17.8 Å². The van der Waals surface area contributed by atoms with Gasteiger partial charge in [0.05, 0.1) is 29.9 Å². The summed E-state index contributed by atoms with van der Waals surface area (Å²) in [4.78, 5) is 28.5. The standard InChI is InChI=1S/C27H37N3O6S/c1-19-7-5-11-22-21(19)10-6-12-25(22)37(34,35)29(2)18-24(26(31)28-33)23(17-20-8-3-4-9-20)27(32)30-13-15-36-16-14-30/h5-7,10-12,20,23-24,33H,3-4,8-9,13-18H2,1-2H3,(H,28,31)/t23-,24+/m1/s1. The Kier molecular flexibility index (Phi) is 8.84. The SMILES string of the molecule is Cc1cccc2c(S(=O)(=O)N(C)C[C@H](C(=O)NO)[C@@H](CC3CCCC3)C(=O)N3CCOCC3)cccc12. The van der Waals surface area contributed by atoms with Gasteiger partial charge in [0.15, 0.2) is 0 Å². The molecule has 2 atom stereocenters. The topological polar surface area (TPSA) is 116 Å². The molecule has 10 heteroatoms. The molecule has 0 radical (unpaired) electrons. The number of amides is 2. The minimum absolute atomic E-state index is 0.145. The van der Waals surface area contributed by atoms with Gasteiger partial charge in [-0.1, -0.05) is 56.0 Å². The molecule has 4 rings (SSSR count). The van der Waals surface area contributed by atoms with Crippen LogP contribution in [0.15, 0.2) is 41.3 Å². The van der Waals surface area contributed by atoms with Crippen molar-refractivity contribution in [1.29, 1.82) is 0 Å². The highest BCUT2D eigenvalue weighted by Crippen LogP contribution is 2.35. The van der Waals surface area contributed by atoms with Gasteiger partial charge >= 0.3 is 0 Å². The molecule has 2 aliphatic rings. The van der Waals surface area contributed by atoms with Gasteiger partial charge in [0, 0.05) is 32.1 Å². The second-order valence-corrected chi connectivity index (χ2v) is 12.2. The molecule has 0 spiro atoms. The Morgan fingerprint density at radius 3 is 2.41 bits per heavy atom. The van der Waals surface area contributed by atoms with Crippen LogP contribution in [0.2, 0.25) is 0 Å². The van der Waals surface area contributed by atoms with Crippen LogP contribution in [0.25, 0.3) is 10.8 Å². The number of rotatable bonds is 9. The molecule has 2 N–H and O–H groups in total. The third-order valence-electron chi connectivity index (χ3n) is 7.88. The largest absolute Gasteiger partial charge is 0.378 e. The zero-order valence-corrected chi connectivity index (χ0v) is 22.4. The summed E-state index contributed by atoms with van der Waals surface area (Å²) in [6.45, 7) is 3.40. The Labute approximate surface area is 218 Å². The Morgan fingerprint density at radius 1 is 1.08 bits per heavy atom. The first-order valence-corrected chi connectivity index (χ1v) is 14.4. The van der Waals surface area contributed by atoms with E-state index in [1.165, 1.54) is 7.05 Å². The molecule has 1 aliphatic carbocycles. The lowest BCUT2D eigenvalue weighted by atomic mass is 9.82. The van der Waals surface area contributed by atoms with Crippen LogP contribution in [-0.2, 0) is 24.3 Å². The summed E-state index contributed by atoms with van der Waals surface area (Å²) in [5, 5.41) is 11.0. The first-order chi connectivity index (χ1) is 17.7. The lowest BCUT2D eigenvalue weighted by molar-refractivity contribution is -0.148. The van der Waals surface area contributed by atoms with Crippen LogP contribution in [0, 0.1) is 24.7 Å². The predicted octanol–water partition coefficient (Wildman–Crippen LogP) is 2.95. The van der Waals surface area contributed by atoms with Gasteiger partial charge in [0.2, 0.25) is 21.8 Å². The average Bonchev–Trinajstić information content (AvgIpc) is 3.43. The fourth-order valence-electron chi connectivity index (χ4n) is 5.74. The van der Waals surface area contributed by atoms with Crippen LogP contribution in [0.4, 0.5) is 0 Å². The van der Waals surface area contributed by atoms with Gasteiger partial charge in [0.1, 0.15) is 0 Å². The summed E-state index contributed by atoms with van der Waals surface area (Å²) in [5.41, 5.74) is 2.67. The Bertz CT molecular complexity index is 1220. The Balaban J connectivity index is 1.66. The number of hydroxylamine groups is 1. The van der Waals surface area contributed by atoms with E-state index in [0.29, 0.717) is 38.1 Å². The highest BCUT2D eigenvalue weighted by atomic mass is 32.2. The lowest BCUT2D eigenvalue weighted by Gasteiger charge is -2.35. The number of hydrogen-bond donors (Lipinski definition) is 2. The number of hydrogen-bond acceptors (Lipinski definition) is 6. The summed E-state index contributed by atoms with van der Waals surface area (Å²) in [6, 6.07) is 10.7. The normalized spacial score (nSPS) is 18.8. The quantitative estimate of drug-likeness (QED) is 0.380. The number of carbonyl (C=O) groups excluding carboxylic acids is 2. The molecular weight excluding hydrogens is 494 g/mol. The van der Waals surface area contributed by atoms with E-state index < -0.39 is 27.8 Å². The highest BCUT2D eigenvalue weighted by molar-refractivity contribution is 7.89. The predicted molar refractivity (Wildman–Crippen MR) is 139 cm³/mol. The molecule has 1 saturated carbocycles. The van der Waals surface area contributed by atoms with E-state index in [9.17, 15) is 23.2 Å². The van der Waals surface area contributed by atoms with E-state index in [1.807, 2.05) is 25.1 Å². The van der Waals surface area contributed by atoms with E-state index in [-0.39, 0.29) is 23.3 Å². The van der Waals surface area contributed by atoms with Crippen molar-refractivity contribution in [3.05, 3.63) is 42.0 Å². The maximum Gasteiger partial charge on any atom is 0.248 e. The zero-order chi connectivity index (χ0) is 26.6. The summed E-state index contributed by atoms with van der Waals surface area (Å²) in [6.07, 6.45) is 4.59. The number of benzene rings is 2. The van der Waals surface area contributed by atoms with Crippen molar-refractivity contribution >= 4 is 32.6 Å². The molecule has 0 unspecified atom stereocenters. The smallest absolute Gasteiger partial charge is 0.248 e. The molecule has 2 aromatic rings. The minimum Gasteiger partial charge on any atom is -0.378 e. The first kappa shape index (κ1) is 27.5. The van der Waals surface area contributed by atoms with Crippen LogP contribution in [0.3, 0.4) is 0 Å². The summed E-state index contributed by atoms with van der Waals surface area (Å²) < 4.78 is 34.1. The molecule has 1 heterocycles. The number of fused-ring (bicyclic) bond motifs is 1. The molecule has 0 aromatic heterocycles. The lowest BCUT2D eigenvalue weighted by Crippen LogP contribution is -2.50. The molecule has 2 fully saturated rings. The number of ether oxygens (including phenoxy) is 1. The molecule has 1 saturated heterocycles. The van der Waals surface area contributed by atoms with Crippen molar-refractivity contribution in [2.75, 3.05) is 39.9 Å². The third kappa shape index (κ3) is 5.98. The zero-order valence-electron chi connectivity index (χ0n) is 21.6. The molecule has 37 heavy (non-hydrogen) atoms. The van der Waals surface area contributed by atoms with Crippen molar-refractivity contribution in [2.45, 2.75) is 43.9 Å². The number of sulfonamides is 1. The number of aryl methyl sites for hydroxylation is 1. The second-order valence-electron chi connectivity index (χ2n) is 10.2. The average molecular weight is 532 g/mol. The van der Waals surface area contributed by atoms with Crippen molar-refractivity contribution in [3.63, 3.8) is 0 Å². The fraction of sp³-hybridized carbons (Fsp3) is 0.556. The summed E-state index contributed by atoms with van der Waals surface area (Å²) in [5.74, 6) is -2.44. The van der Waals surface area contributed by atoms with Gasteiger partial charge in [-0.25, -0.2) is 18.2 Å². The maximum atomic E-state index is 13.8. The number of nitrogens with zero attached hydrogens (tertiary/aromatic N) is 2. The van der Waals surface area contributed by atoms with Gasteiger partial charge in [0.25, 0.3) is 0 Å². The molecule has 1 aliphatic heterocycles. The first-order valence-electron chi connectivity index (χ1n) is 13.0. The second kappa shape index (κ2) is 11.9. The van der Waals surface area contributed by atoms with Gasteiger partial charge in [-0.3, -0.25) is 14.8 Å². The molecular formula is C27H37N3O6S. The van der Waals surface area contributed by atoms with Crippen LogP contribution in [0.5, 0.6) is 0 Å². The molecule has 202 valence electrons. The summed E-state index contributed by atoms with van der Waals surface area (Å²) >= 11 is 0. The van der Waals surface area contributed by atoms with E-state index in [4.69, 9.17) is 4.74 Å². The monoisotopic (exact) mass is 531 g/mol. The van der Waals surface area contributed by atoms with Gasteiger partial charge in [-0.15, -0.1) is 0 Å². The van der Waals surface area contributed by atoms with Crippen molar-refractivity contribution in [1.82, 2.24) is 14.7 Å². The Morgan fingerprint density at radius 2 is 1.73 bits per heavy atom. The van der Waals surface area contributed by atoms with E-state index in [0.717, 1.165) is 40.9 Å². The number of morpholine rings is 1. The maximum absolute atomic E-state index is 13.8. The molecule has 2 amide bonds. The van der Waals surface area contributed by atoms with Gasteiger partial charge in [-0.05, 0) is 36.3 Å². The van der Waals surface area contributed by atoms with Crippen LogP contribution >= 0.6 is 0 Å². The van der Waals surface area contributed by atoms with Crippen molar-refractivity contribution < 1.29 is 28.0 Å². The summed E-state index contributed by atoms with van der Waals surface area (Å²) in [7, 11) is -2.58. The van der Waals surface area contributed by atoms with Crippen LogP contribution in [0.1, 0.15) is 37.7 Å². The molecule has 9 nitrogen and oxygen atoms in total. The molecule has 2 aromatic carbocycles. The van der Waals surface area contributed by atoms with Gasteiger partial charge in [-0.2, -0.15) is 0 Å². The van der Waals surface area contributed by atoms with E-state index in [2.05, 4.69) is 0 Å². The third-order valence-corrected chi connectivity index (χ3v) is 9.76. The van der Waals surface area contributed by atoms with Crippen molar-refractivity contribution in [3.8, 4) is 0 Å². The van der Waals surface area contributed by atoms with E-state index in [1.54, 1.807) is 28.6 Å². The number of nitrogens with one attached hydrogen (secondary N) is 1. The molecule has 0 bridgehead atoms. The minimum atomic E-state index is -4.00. The van der Waals surface area contributed by atoms with Crippen LogP contribution in [-0.4, -0.2) is 74.5 Å².